The highest BCUT2D eigenvalue weighted by Crippen LogP contribution is 2.19. The summed E-state index contributed by atoms with van der Waals surface area (Å²) >= 11 is 0. The number of ether oxygens (including phenoxy) is 1. The molecule has 142 valence electrons. The zero-order chi connectivity index (χ0) is 19.6. The number of amides is 1. The third-order valence-corrected chi connectivity index (χ3v) is 4.42. The van der Waals surface area contributed by atoms with Crippen molar-refractivity contribution in [2.75, 3.05) is 0 Å². The van der Waals surface area contributed by atoms with Gasteiger partial charge >= 0.3 is 0 Å². The van der Waals surface area contributed by atoms with Crippen molar-refractivity contribution < 1.29 is 9.53 Å². The number of hydrogen-bond acceptors (Lipinski definition) is 4. The third-order valence-electron chi connectivity index (χ3n) is 4.42. The van der Waals surface area contributed by atoms with E-state index in [0.717, 1.165) is 22.6 Å². The highest BCUT2D eigenvalue weighted by molar-refractivity contribution is 5.92. The summed E-state index contributed by atoms with van der Waals surface area (Å²) in [7, 11) is 1.86. The lowest BCUT2D eigenvalue weighted by Crippen LogP contribution is -2.27. The van der Waals surface area contributed by atoms with E-state index in [0.29, 0.717) is 5.69 Å². The van der Waals surface area contributed by atoms with Gasteiger partial charge in [0, 0.05) is 25.0 Å². The second-order valence-corrected chi connectivity index (χ2v) is 6.82. The van der Waals surface area contributed by atoms with Crippen molar-refractivity contribution in [3.05, 3.63) is 64.7 Å². The number of carbonyl (C=O) groups is 1. The molecule has 1 atom stereocenters. The third kappa shape index (κ3) is 4.36. The number of aryl methyl sites for hydroxylation is 4. The molecule has 1 aromatic carbocycles. The van der Waals surface area contributed by atoms with E-state index in [1.807, 2.05) is 53.1 Å². The highest BCUT2D eigenvalue weighted by atomic mass is 16.5. The monoisotopic (exact) mass is 367 g/mol. The summed E-state index contributed by atoms with van der Waals surface area (Å²) in [6.07, 6.45) is 3.65. The van der Waals surface area contributed by atoms with Crippen LogP contribution in [0.25, 0.3) is 0 Å². The number of carbonyl (C=O) groups excluding carboxylic acids is 1. The molecule has 1 amide bonds. The van der Waals surface area contributed by atoms with Crippen LogP contribution in [0.1, 0.15) is 45.8 Å². The van der Waals surface area contributed by atoms with Crippen LogP contribution in [-0.2, 0) is 13.8 Å². The number of benzene rings is 1. The van der Waals surface area contributed by atoms with E-state index >= 15 is 0 Å². The average Bonchev–Trinajstić information content (AvgIpc) is 3.20. The van der Waals surface area contributed by atoms with Crippen molar-refractivity contribution in [2.24, 2.45) is 7.05 Å². The van der Waals surface area contributed by atoms with Crippen LogP contribution in [0.2, 0.25) is 0 Å². The summed E-state index contributed by atoms with van der Waals surface area (Å²) < 4.78 is 9.15. The number of aromatic nitrogens is 4. The Morgan fingerprint density at radius 1 is 1.22 bits per heavy atom. The van der Waals surface area contributed by atoms with Crippen LogP contribution in [-0.4, -0.2) is 25.5 Å². The Kier molecular flexibility index (Phi) is 5.30. The smallest absolute Gasteiger partial charge is 0.272 e. The molecule has 7 nitrogen and oxygen atoms in total. The number of nitrogens with zero attached hydrogens (tertiary/aromatic N) is 4. The molecule has 2 heterocycles. The minimum Gasteiger partial charge on any atom is -0.471 e. The number of nitrogens with one attached hydrogen (secondary N) is 1. The summed E-state index contributed by atoms with van der Waals surface area (Å²) in [5, 5.41) is 11.6. The maximum Gasteiger partial charge on any atom is 0.272 e. The first-order chi connectivity index (χ1) is 12.8. The van der Waals surface area contributed by atoms with Gasteiger partial charge in [-0.1, -0.05) is 17.7 Å². The average molecular weight is 367 g/mol. The largest absolute Gasteiger partial charge is 0.471 e. The molecule has 0 saturated carbocycles. The van der Waals surface area contributed by atoms with Gasteiger partial charge in [-0.25, -0.2) is 4.68 Å². The van der Waals surface area contributed by atoms with E-state index in [9.17, 15) is 4.79 Å². The van der Waals surface area contributed by atoms with E-state index in [2.05, 4.69) is 21.6 Å². The maximum absolute atomic E-state index is 12.5. The van der Waals surface area contributed by atoms with Crippen LogP contribution in [0, 0.1) is 20.8 Å². The Hall–Kier alpha value is -3.09. The molecule has 0 fully saturated rings. The normalized spacial score (nSPS) is 12.0. The first kappa shape index (κ1) is 18.7. The van der Waals surface area contributed by atoms with Gasteiger partial charge < -0.3 is 10.1 Å². The van der Waals surface area contributed by atoms with Crippen LogP contribution in [0.4, 0.5) is 0 Å². The second-order valence-electron chi connectivity index (χ2n) is 6.82. The molecule has 3 rings (SSSR count). The van der Waals surface area contributed by atoms with Gasteiger partial charge in [-0.2, -0.15) is 10.2 Å². The van der Waals surface area contributed by atoms with Crippen molar-refractivity contribution in [1.82, 2.24) is 24.9 Å². The van der Waals surface area contributed by atoms with E-state index in [1.54, 1.807) is 21.6 Å². The van der Waals surface area contributed by atoms with Gasteiger partial charge in [-0.15, -0.1) is 0 Å². The lowest BCUT2D eigenvalue weighted by Gasteiger charge is -2.12. The lowest BCUT2D eigenvalue weighted by molar-refractivity contribution is 0.0932. The molecule has 0 unspecified atom stereocenters. The van der Waals surface area contributed by atoms with Gasteiger partial charge in [0.1, 0.15) is 11.4 Å². The first-order valence-corrected chi connectivity index (χ1v) is 8.88. The van der Waals surface area contributed by atoms with Crippen molar-refractivity contribution in [2.45, 2.75) is 40.5 Å². The molecule has 3 aromatic rings. The zero-order valence-electron chi connectivity index (χ0n) is 16.4. The van der Waals surface area contributed by atoms with E-state index in [4.69, 9.17) is 4.74 Å². The fourth-order valence-electron chi connectivity index (χ4n) is 3.04. The number of hydrogen-bond donors (Lipinski definition) is 1. The summed E-state index contributed by atoms with van der Waals surface area (Å²) in [4.78, 5) is 12.5. The van der Waals surface area contributed by atoms with Crippen LogP contribution in [0.3, 0.4) is 0 Å². The molecule has 7 heteroatoms. The molecular weight excluding hydrogens is 342 g/mol. The Morgan fingerprint density at radius 2 is 2.00 bits per heavy atom. The van der Waals surface area contributed by atoms with Crippen LogP contribution in [0.5, 0.6) is 5.75 Å². The Labute approximate surface area is 159 Å². The summed E-state index contributed by atoms with van der Waals surface area (Å²) in [6.45, 7) is 8.16. The van der Waals surface area contributed by atoms with Gasteiger partial charge in [0.2, 0.25) is 0 Å². The summed E-state index contributed by atoms with van der Waals surface area (Å²) in [5.41, 5.74) is 4.51. The lowest BCUT2D eigenvalue weighted by atomic mass is 10.1. The minimum absolute atomic E-state index is 0.150. The molecule has 0 radical (unpaired) electrons. The van der Waals surface area contributed by atoms with Gasteiger partial charge in [0.15, 0.2) is 6.73 Å². The highest BCUT2D eigenvalue weighted by Gasteiger charge is 2.17. The van der Waals surface area contributed by atoms with Gasteiger partial charge in [0.05, 0.1) is 11.7 Å². The van der Waals surface area contributed by atoms with Crippen LogP contribution >= 0.6 is 0 Å². The van der Waals surface area contributed by atoms with E-state index in [-0.39, 0.29) is 18.7 Å². The summed E-state index contributed by atoms with van der Waals surface area (Å²) in [5.74, 6) is 0.582. The van der Waals surface area contributed by atoms with Crippen LogP contribution < -0.4 is 10.1 Å². The van der Waals surface area contributed by atoms with Gasteiger partial charge in [0.25, 0.3) is 5.91 Å². The van der Waals surface area contributed by atoms with Crippen molar-refractivity contribution in [3.63, 3.8) is 0 Å². The molecule has 1 N–H and O–H groups in total. The van der Waals surface area contributed by atoms with E-state index in [1.165, 1.54) is 5.56 Å². The van der Waals surface area contributed by atoms with Gasteiger partial charge in [-0.3, -0.25) is 9.48 Å². The molecule has 0 aliphatic carbocycles. The molecule has 0 aliphatic heterocycles. The van der Waals surface area contributed by atoms with Crippen LogP contribution in [0.15, 0.2) is 36.7 Å². The fourth-order valence-corrected chi connectivity index (χ4v) is 3.04. The summed E-state index contributed by atoms with van der Waals surface area (Å²) in [6, 6.07) is 7.55. The Balaban J connectivity index is 1.61. The molecule has 0 saturated heterocycles. The van der Waals surface area contributed by atoms with Crippen molar-refractivity contribution >= 4 is 5.91 Å². The zero-order valence-corrected chi connectivity index (χ0v) is 16.4. The van der Waals surface area contributed by atoms with Gasteiger partial charge in [-0.05, 0) is 45.4 Å². The van der Waals surface area contributed by atoms with Crippen molar-refractivity contribution in [1.29, 1.82) is 0 Å². The quantitative estimate of drug-likeness (QED) is 0.727. The molecule has 0 aliphatic rings. The predicted octanol–water partition coefficient (Wildman–Crippen LogP) is 3.07. The second kappa shape index (κ2) is 7.65. The Bertz CT molecular complexity index is 957. The maximum atomic E-state index is 12.5. The minimum atomic E-state index is -0.226. The molecule has 27 heavy (non-hydrogen) atoms. The van der Waals surface area contributed by atoms with Crippen molar-refractivity contribution in [3.8, 4) is 5.75 Å². The number of rotatable bonds is 6. The molecule has 2 aromatic heterocycles. The standard InChI is InChI=1S/C20H25N5O2/c1-13-6-7-19(14(2)10-13)27-12-25-9-8-18(23-25)20(26)21-15(3)17-11-24(5)22-16(17)4/h6-11,15H,12H2,1-5H3,(H,21,26)/t15-/m1/s1. The molecule has 0 bridgehead atoms. The molecular formula is C20H25N5O2. The van der Waals surface area contributed by atoms with E-state index < -0.39 is 0 Å². The SMILES string of the molecule is Cc1ccc(OCn2ccc(C(=O)N[C@H](C)c3cn(C)nc3C)n2)c(C)c1. The first-order valence-electron chi connectivity index (χ1n) is 8.88. The Morgan fingerprint density at radius 3 is 2.67 bits per heavy atom. The topological polar surface area (TPSA) is 74.0 Å². The fraction of sp³-hybridized carbons (Fsp3) is 0.350. The molecule has 0 spiro atoms. The predicted molar refractivity (Wildman–Crippen MR) is 103 cm³/mol.